The van der Waals surface area contributed by atoms with Crippen LogP contribution in [-0.4, -0.2) is 29.7 Å². The molecule has 0 aliphatic carbocycles. The second kappa shape index (κ2) is 7.59. The number of nitrogens with zero attached hydrogens (tertiary/aromatic N) is 1. The van der Waals surface area contributed by atoms with E-state index < -0.39 is 0 Å². The quantitative estimate of drug-likeness (QED) is 0.734. The number of hydrogen-bond acceptors (Lipinski definition) is 4. The Kier molecular flexibility index (Phi) is 5.00. The van der Waals surface area contributed by atoms with Crippen LogP contribution in [0.5, 0.6) is 0 Å². The summed E-state index contributed by atoms with van der Waals surface area (Å²) in [5, 5.41) is 3.08. The maximum Gasteiger partial charge on any atom is 0.262 e. The van der Waals surface area contributed by atoms with E-state index in [9.17, 15) is 14.0 Å². The van der Waals surface area contributed by atoms with Crippen molar-refractivity contribution >= 4 is 16.9 Å². The number of carbonyl (C=O) groups is 1. The number of ether oxygens (including phenoxy) is 1. The van der Waals surface area contributed by atoms with Crippen molar-refractivity contribution in [3.05, 3.63) is 69.6 Å². The molecule has 0 spiro atoms. The van der Waals surface area contributed by atoms with Crippen molar-refractivity contribution in [1.82, 2.24) is 9.88 Å². The van der Waals surface area contributed by atoms with Crippen LogP contribution in [0.4, 0.5) is 4.39 Å². The lowest BCUT2D eigenvalue weighted by Gasteiger charge is -2.11. The lowest BCUT2D eigenvalue weighted by molar-refractivity contribution is 0.0857. The highest BCUT2D eigenvalue weighted by molar-refractivity contribution is 6.06. The first-order chi connectivity index (χ1) is 13.5. The molecule has 1 aliphatic rings. The monoisotopic (exact) mass is 384 g/mol. The number of carbonyl (C=O) groups excluding carboxylic acids is 1. The van der Waals surface area contributed by atoms with Crippen molar-refractivity contribution in [2.45, 2.75) is 32.4 Å². The average Bonchev–Trinajstić information content (AvgIpc) is 3.29. The number of hydrogen-bond donors (Lipinski definition) is 1. The van der Waals surface area contributed by atoms with E-state index in [0.717, 1.165) is 12.8 Å². The molecule has 1 aliphatic heterocycles. The molecule has 2 aromatic heterocycles. The van der Waals surface area contributed by atoms with Gasteiger partial charge in [-0.25, -0.2) is 4.39 Å². The van der Waals surface area contributed by atoms with Gasteiger partial charge in [-0.1, -0.05) is 12.1 Å². The van der Waals surface area contributed by atoms with Gasteiger partial charge in [-0.2, -0.15) is 0 Å². The number of amides is 1. The standard InChI is InChI=1S/C21H21FN2O4/c1-13-18(20(25)23-11-16-6-3-9-27-16)19-17(28-13)7-8-24(21(19)26)12-14-4-2-5-15(22)10-14/h2,4-5,7-8,10,16H,3,6,9,11-12H2,1H3,(H,23,25)/t16-/m0/s1. The first kappa shape index (κ1) is 18.4. The number of aryl methyl sites for hydroxylation is 1. The molecular formula is C21H21FN2O4. The molecule has 146 valence electrons. The summed E-state index contributed by atoms with van der Waals surface area (Å²) in [5.74, 6) is -0.326. The Morgan fingerprint density at radius 3 is 2.96 bits per heavy atom. The van der Waals surface area contributed by atoms with Crippen molar-refractivity contribution < 1.29 is 18.3 Å². The summed E-state index contributed by atoms with van der Waals surface area (Å²) in [6.45, 7) is 2.97. The van der Waals surface area contributed by atoms with E-state index in [2.05, 4.69) is 5.32 Å². The Balaban J connectivity index is 1.65. The average molecular weight is 384 g/mol. The van der Waals surface area contributed by atoms with E-state index in [1.54, 1.807) is 31.3 Å². The van der Waals surface area contributed by atoms with Crippen LogP contribution >= 0.6 is 0 Å². The van der Waals surface area contributed by atoms with Gasteiger partial charge in [0.05, 0.1) is 23.6 Å². The van der Waals surface area contributed by atoms with E-state index in [-0.39, 0.29) is 40.9 Å². The minimum absolute atomic E-state index is 0.00653. The summed E-state index contributed by atoms with van der Waals surface area (Å²) >= 11 is 0. The Hall–Kier alpha value is -2.93. The van der Waals surface area contributed by atoms with Gasteiger partial charge in [0.1, 0.15) is 17.2 Å². The number of pyridine rings is 1. The Morgan fingerprint density at radius 2 is 2.21 bits per heavy atom. The van der Waals surface area contributed by atoms with Gasteiger partial charge in [-0.05, 0) is 43.5 Å². The predicted molar refractivity (Wildman–Crippen MR) is 102 cm³/mol. The first-order valence-electron chi connectivity index (χ1n) is 9.29. The molecule has 0 radical (unpaired) electrons. The normalized spacial score (nSPS) is 16.6. The van der Waals surface area contributed by atoms with Crippen molar-refractivity contribution in [3.63, 3.8) is 0 Å². The number of halogens is 1. The fraction of sp³-hybridized carbons (Fsp3) is 0.333. The minimum Gasteiger partial charge on any atom is -0.460 e. The Morgan fingerprint density at radius 1 is 1.36 bits per heavy atom. The predicted octanol–water partition coefficient (Wildman–Crippen LogP) is 3.00. The number of nitrogens with one attached hydrogen (secondary N) is 1. The number of aromatic nitrogens is 1. The molecule has 3 heterocycles. The van der Waals surface area contributed by atoms with Gasteiger partial charge in [0.25, 0.3) is 11.5 Å². The summed E-state index contributed by atoms with van der Waals surface area (Å²) in [7, 11) is 0. The number of benzene rings is 1. The first-order valence-corrected chi connectivity index (χ1v) is 9.29. The number of fused-ring (bicyclic) bond motifs is 1. The largest absolute Gasteiger partial charge is 0.460 e. The Bertz CT molecular complexity index is 1080. The summed E-state index contributed by atoms with van der Waals surface area (Å²) in [6, 6.07) is 7.73. The molecule has 0 saturated carbocycles. The lowest BCUT2D eigenvalue weighted by Crippen LogP contribution is -2.32. The van der Waals surface area contributed by atoms with Gasteiger partial charge in [0, 0.05) is 19.3 Å². The molecule has 1 amide bonds. The van der Waals surface area contributed by atoms with Gasteiger partial charge < -0.3 is 19.0 Å². The molecule has 1 atom stereocenters. The fourth-order valence-corrected chi connectivity index (χ4v) is 3.60. The fourth-order valence-electron chi connectivity index (χ4n) is 3.60. The highest BCUT2D eigenvalue weighted by Crippen LogP contribution is 2.23. The molecular weight excluding hydrogens is 363 g/mol. The molecule has 28 heavy (non-hydrogen) atoms. The van der Waals surface area contributed by atoms with E-state index in [4.69, 9.17) is 9.15 Å². The van der Waals surface area contributed by atoms with Gasteiger partial charge in [0.15, 0.2) is 0 Å². The zero-order chi connectivity index (χ0) is 19.7. The van der Waals surface area contributed by atoms with Crippen molar-refractivity contribution in [2.75, 3.05) is 13.2 Å². The molecule has 1 aromatic carbocycles. The second-order valence-corrected chi connectivity index (χ2v) is 7.00. The van der Waals surface area contributed by atoms with E-state index >= 15 is 0 Å². The maximum absolute atomic E-state index is 13.4. The van der Waals surface area contributed by atoms with Gasteiger partial charge >= 0.3 is 0 Å². The Labute approximate surface area is 160 Å². The summed E-state index contributed by atoms with van der Waals surface area (Å²) < 4.78 is 26.0. The third-order valence-electron chi connectivity index (χ3n) is 4.98. The van der Waals surface area contributed by atoms with Crippen molar-refractivity contribution in [1.29, 1.82) is 0 Å². The molecule has 1 N–H and O–H groups in total. The summed E-state index contributed by atoms with van der Waals surface area (Å²) in [4.78, 5) is 25.8. The molecule has 3 aromatic rings. The van der Waals surface area contributed by atoms with Crippen LogP contribution in [0.2, 0.25) is 0 Å². The summed E-state index contributed by atoms with van der Waals surface area (Å²) in [6.07, 6.45) is 3.49. The highest BCUT2D eigenvalue weighted by atomic mass is 19.1. The minimum atomic E-state index is -0.361. The molecule has 7 heteroatoms. The molecule has 0 bridgehead atoms. The van der Waals surface area contributed by atoms with Crippen LogP contribution in [-0.2, 0) is 11.3 Å². The van der Waals surface area contributed by atoms with Gasteiger partial charge in [-0.3, -0.25) is 9.59 Å². The highest BCUT2D eigenvalue weighted by Gasteiger charge is 2.23. The van der Waals surface area contributed by atoms with E-state index in [1.165, 1.54) is 16.7 Å². The molecule has 1 saturated heterocycles. The van der Waals surface area contributed by atoms with Gasteiger partial charge in [-0.15, -0.1) is 0 Å². The lowest BCUT2D eigenvalue weighted by atomic mass is 10.1. The van der Waals surface area contributed by atoms with Gasteiger partial charge in [0.2, 0.25) is 0 Å². The maximum atomic E-state index is 13.4. The van der Waals surface area contributed by atoms with Crippen molar-refractivity contribution in [2.24, 2.45) is 0 Å². The van der Waals surface area contributed by atoms with Crippen LogP contribution in [0.25, 0.3) is 11.0 Å². The smallest absolute Gasteiger partial charge is 0.262 e. The number of rotatable bonds is 5. The molecule has 0 unspecified atom stereocenters. The van der Waals surface area contributed by atoms with E-state index in [1.807, 2.05) is 0 Å². The summed E-state index contributed by atoms with van der Waals surface area (Å²) in [5.41, 5.74) is 0.916. The van der Waals surface area contributed by atoms with Crippen LogP contribution in [0, 0.1) is 12.7 Å². The molecule has 1 fully saturated rings. The third-order valence-corrected chi connectivity index (χ3v) is 4.98. The van der Waals surface area contributed by atoms with Crippen LogP contribution < -0.4 is 10.9 Å². The second-order valence-electron chi connectivity index (χ2n) is 7.00. The van der Waals surface area contributed by atoms with E-state index in [0.29, 0.717) is 30.1 Å². The number of furan rings is 1. The SMILES string of the molecule is Cc1oc2ccn(Cc3cccc(F)c3)c(=O)c2c1C(=O)NC[C@@H]1CCCO1. The van der Waals surface area contributed by atoms with Crippen molar-refractivity contribution in [3.8, 4) is 0 Å². The van der Waals surface area contributed by atoms with Crippen LogP contribution in [0.1, 0.15) is 34.5 Å². The zero-order valence-corrected chi connectivity index (χ0v) is 15.5. The molecule has 6 nitrogen and oxygen atoms in total. The topological polar surface area (TPSA) is 73.5 Å². The third kappa shape index (κ3) is 3.57. The molecule has 4 rings (SSSR count). The zero-order valence-electron chi connectivity index (χ0n) is 15.5. The van der Waals surface area contributed by atoms with Crippen LogP contribution in [0.15, 0.2) is 45.7 Å². The van der Waals surface area contributed by atoms with Crippen LogP contribution in [0.3, 0.4) is 0 Å².